The molecule has 0 aliphatic carbocycles. The van der Waals surface area contributed by atoms with E-state index in [1.165, 1.54) is 0 Å². The van der Waals surface area contributed by atoms with E-state index < -0.39 is 6.03 Å². The van der Waals surface area contributed by atoms with Crippen LogP contribution in [0.5, 0.6) is 0 Å². The SMILES string of the molecule is C/C=C\c1ccc(NC(N)=O)cc1C. The fourth-order valence-corrected chi connectivity index (χ4v) is 1.26. The van der Waals surface area contributed by atoms with Gasteiger partial charge >= 0.3 is 6.03 Å². The summed E-state index contributed by atoms with van der Waals surface area (Å²) in [6.45, 7) is 3.95. The lowest BCUT2D eigenvalue weighted by Gasteiger charge is -2.05. The van der Waals surface area contributed by atoms with Crippen molar-refractivity contribution >= 4 is 17.8 Å². The molecule has 1 rings (SSSR count). The largest absolute Gasteiger partial charge is 0.351 e. The molecule has 0 aliphatic heterocycles. The summed E-state index contributed by atoms with van der Waals surface area (Å²) in [6.07, 6.45) is 3.99. The lowest BCUT2D eigenvalue weighted by Crippen LogP contribution is -2.19. The molecule has 0 aliphatic rings. The van der Waals surface area contributed by atoms with Crippen LogP contribution in [0.25, 0.3) is 6.08 Å². The van der Waals surface area contributed by atoms with E-state index in [2.05, 4.69) is 5.32 Å². The smallest absolute Gasteiger partial charge is 0.316 e. The average molecular weight is 190 g/mol. The first-order valence-corrected chi connectivity index (χ1v) is 4.43. The van der Waals surface area contributed by atoms with Crippen LogP contribution in [0.2, 0.25) is 0 Å². The molecular formula is C11H14N2O. The topological polar surface area (TPSA) is 55.1 Å². The van der Waals surface area contributed by atoms with Crippen LogP contribution in [0.3, 0.4) is 0 Å². The van der Waals surface area contributed by atoms with Crippen molar-refractivity contribution in [3.05, 3.63) is 35.4 Å². The number of carbonyl (C=O) groups is 1. The lowest BCUT2D eigenvalue weighted by atomic mass is 10.1. The number of aryl methyl sites for hydroxylation is 1. The Kier molecular flexibility index (Phi) is 3.29. The molecule has 0 heterocycles. The summed E-state index contributed by atoms with van der Waals surface area (Å²) in [7, 11) is 0. The number of carbonyl (C=O) groups excluding carboxylic acids is 1. The summed E-state index contributed by atoms with van der Waals surface area (Å²) in [5.41, 5.74) is 7.98. The van der Waals surface area contributed by atoms with Gasteiger partial charge in [-0.05, 0) is 37.1 Å². The Hall–Kier alpha value is -1.77. The van der Waals surface area contributed by atoms with Crippen LogP contribution in [-0.4, -0.2) is 6.03 Å². The van der Waals surface area contributed by atoms with E-state index in [0.29, 0.717) is 0 Å². The van der Waals surface area contributed by atoms with E-state index in [1.807, 2.05) is 44.2 Å². The van der Waals surface area contributed by atoms with Gasteiger partial charge in [-0.15, -0.1) is 0 Å². The molecule has 0 saturated carbocycles. The van der Waals surface area contributed by atoms with Crippen molar-refractivity contribution in [1.82, 2.24) is 0 Å². The minimum atomic E-state index is -0.539. The molecule has 0 atom stereocenters. The zero-order valence-corrected chi connectivity index (χ0v) is 8.37. The maximum atomic E-state index is 10.6. The number of nitrogens with one attached hydrogen (secondary N) is 1. The van der Waals surface area contributed by atoms with Gasteiger partial charge in [-0.25, -0.2) is 4.79 Å². The number of anilines is 1. The third-order valence-corrected chi connectivity index (χ3v) is 1.88. The van der Waals surface area contributed by atoms with Crippen LogP contribution in [-0.2, 0) is 0 Å². The molecule has 0 radical (unpaired) electrons. The number of benzene rings is 1. The Balaban J connectivity index is 2.94. The summed E-state index contributed by atoms with van der Waals surface area (Å²) in [5, 5.41) is 2.53. The molecule has 0 aromatic heterocycles. The number of allylic oxidation sites excluding steroid dienone is 1. The summed E-state index contributed by atoms with van der Waals surface area (Å²) in [5.74, 6) is 0. The number of urea groups is 1. The highest BCUT2D eigenvalue weighted by Crippen LogP contribution is 2.16. The van der Waals surface area contributed by atoms with E-state index in [0.717, 1.165) is 16.8 Å². The van der Waals surface area contributed by atoms with Crippen molar-refractivity contribution < 1.29 is 4.79 Å². The number of hydrogen-bond acceptors (Lipinski definition) is 1. The van der Waals surface area contributed by atoms with Gasteiger partial charge in [0.1, 0.15) is 0 Å². The van der Waals surface area contributed by atoms with E-state index in [-0.39, 0.29) is 0 Å². The molecule has 0 fully saturated rings. The van der Waals surface area contributed by atoms with Crippen LogP contribution in [0, 0.1) is 6.92 Å². The van der Waals surface area contributed by atoms with Crippen molar-refractivity contribution in [2.45, 2.75) is 13.8 Å². The highest BCUT2D eigenvalue weighted by atomic mass is 16.2. The van der Waals surface area contributed by atoms with Crippen molar-refractivity contribution in [2.75, 3.05) is 5.32 Å². The molecule has 0 bridgehead atoms. The third kappa shape index (κ3) is 2.62. The maximum absolute atomic E-state index is 10.6. The highest BCUT2D eigenvalue weighted by molar-refractivity contribution is 5.88. The van der Waals surface area contributed by atoms with Crippen molar-refractivity contribution in [3.8, 4) is 0 Å². The van der Waals surface area contributed by atoms with E-state index >= 15 is 0 Å². The fraction of sp³-hybridized carbons (Fsp3) is 0.182. The summed E-state index contributed by atoms with van der Waals surface area (Å²) < 4.78 is 0. The van der Waals surface area contributed by atoms with Gasteiger partial charge in [0.05, 0.1) is 0 Å². The summed E-state index contributed by atoms with van der Waals surface area (Å²) in [4.78, 5) is 10.6. The normalized spacial score (nSPS) is 10.4. The molecule has 0 spiro atoms. The Bertz CT molecular complexity index is 370. The number of amides is 2. The van der Waals surface area contributed by atoms with Gasteiger partial charge in [0.15, 0.2) is 0 Å². The van der Waals surface area contributed by atoms with Crippen LogP contribution in [0.4, 0.5) is 10.5 Å². The number of nitrogens with two attached hydrogens (primary N) is 1. The van der Waals surface area contributed by atoms with Crippen molar-refractivity contribution in [3.63, 3.8) is 0 Å². The molecule has 3 nitrogen and oxygen atoms in total. The highest BCUT2D eigenvalue weighted by Gasteiger charge is 1.98. The second-order valence-electron chi connectivity index (χ2n) is 3.06. The summed E-state index contributed by atoms with van der Waals surface area (Å²) >= 11 is 0. The van der Waals surface area contributed by atoms with E-state index in [9.17, 15) is 4.79 Å². The molecule has 74 valence electrons. The van der Waals surface area contributed by atoms with Crippen molar-refractivity contribution in [2.24, 2.45) is 5.73 Å². The Morgan fingerprint density at radius 1 is 1.50 bits per heavy atom. The summed E-state index contributed by atoms with van der Waals surface area (Å²) in [6, 6.07) is 5.12. The zero-order chi connectivity index (χ0) is 10.6. The Morgan fingerprint density at radius 3 is 2.71 bits per heavy atom. The van der Waals surface area contributed by atoms with Gasteiger partial charge in [-0.1, -0.05) is 18.2 Å². The van der Waals surface area contributed by atoms with Gasteiger partial charge in [0.2, 0.25) is 0 Å². The molecule has 1 aromatic carbocycles. The second kappa shape index (κ2) is 4.46. The first kappa shape index (κ1) is 10.3. The molecule has 2 amide bonds. The number of primary amides is 1. The predicted octanol–water partition coefficient (Wildman–Crippen LogP) is 2.52. The minimum Gasteiger partial charge on any atom is -0.351 e. The molecule has 3 heteroatoms. The number of hydrogen-bond donors (Lipinski definition) is 2. The molecular weight excluding hydrogens is 176 g/mol. The molecule has 0 unspecified atom stereocenters. The maximum Gasteiger partial charge on any atom is 0.316 e. The Labute approximate surface area is 83.6 Å². The minimum absolute atomic E-state index is 0.539. The average Bonchev–Trinajstić information content (AvgIpc) is 2.09. The van der Waals surface area contributed by atoms with Crippen LogP contribution < -0.4 is 11.1 Å². The van der Waals surface area contributed by atoms with Crippen molar-refractivity contribution in [1.29, 1.82) is 0 Å². The monoisotopic (exact) mass is 190 g/mol. The van der Waals surface area contributed by atoms with Gasteiger partial charge < -0.3 is 11.1 Å². The van der Waals surface area contributed by atoms with Crippen LogP contribution in [0.15, 0.2) is 24.3 Å². The van der Waals surface area contributed by atoms with Gasteiger partial charge in [0, 0.05) is 5.69 Å². The third-order valence-electron chi connectivity index (χ3n) is 1.88. The first-order chi connectivity index (χ1) is 6.63. The molecule has 14 heavy (non-hydrogen) atoms. The first-order valence-electron chi connectivity index (χ1n) is 4.43. The van der Waals surface area contributed by atoms with Crippen LogP contribution in [0.1, 0.15) is 18.1 Å². The molecule has 3 N–H and O–H groups in total. The fourth-order valence-electron chi connectivity index (χ4n) is 1.26. The Morgan fingerprint density at radius 2 is 2.21 bits per heavy atom. The molecule has 1 aromatic rings. The second-order valence-corrected chi connectivity index (χ2v) is 3.06. The van der Waals surface area contributed by atoms with Gasteiger partial charge in [-0.2, -0.15) is 0 Å². The predicted molar refractivity (Wildman–Crippen MR) is 59.1 cm³/mol. The zero-order valence-electron chi connectivity index (χ0n) is 8.37. The molecule has 0 saturated heterocycles. The lowest BCUT2D eigenvalue weighted by molar-refractivity contribution is 0.259. The number of rotatable bonds is 2. The van der Waals surface area contributed by atoms with E-state index in [4.69, 9.17) is 5.73 Å². The van der Waals surface area contributed by atoms with Gasteiger partial charge in [0.25, 0.3) is 0 Å². The van der Waals surface area contributed by atoms with Gasteiger partial charge in [-0.3, -0.25) is 0 Å². The quantitative estimate of drug-likeness (QED) is 0.739. The van der Waals surface area contributed by atoms with E-state index in [1.54, 1.807) is 0 Å². The van der Waals surface area contributed by atoms with Crippen LogP contribution >= 0.6 is 0 Å². The standard InChI is InChI=1S/C11H14N2O/c1-3-4-9-5-6-10(7-8(9)2)13-11(12)14/h3-7H,1-2H3,(H3,12,13,14)/b4-3-.